The normalized spacial score (nSPS) is 11.1. The van der Waals surface area contributed by atoms with Crippen molar-refractivity contribution in [2.45, 2.75) is 130 Å². The van der Waals surface area contributed by atoms with E-state index in [0.29, 0.717) is 0 Å². The molecule has 4 heteroatoms. The number of halogens is 1. The number of hydrogen-bond donors (Lipinski definition) is 0. The first-order valence-corrected chi connectivity index (χ1v) is 15.4. The Morgan fingerprint density at radius 1 is 0.658 bits per heavy atom. The maximum Gasteiger partial charge on any atom is 0.190 e. The Hall–Kier alpha value is -1.94. The number of para-hydroxylation sites is 1. The van der Waals surface area contributed by atoms with Gasteiger partial charge in [0.15, 0.2) is 17.8 Å². The molecular formula is C34H51BrN2O. The summed E-state index contributed by atoms with van der Waals surface area (Å²) in [7, 11) is 0. The van der Waals surface area contributed by atoms with Gasteiger partial charge in [0.1, 0.15) is 6.54 Å². The number of nitrogens with zero attached hydrogens (tertiary/aromatic N) is 2. The van der Waals surface area contributed by atoms with Gasteiger partial charge in [-0.05, 0) is 25.0 Å². The van der Waals surface area contributed by atoms with Gasteiger partial charge in [0.05, 0.1) is 11.2 Å². The van der Waals surface area contributed by atoms with E-state index in [1.165, 1.54) is 96.3 Å². The molecule has 0 saturated carbocycles. The summed E-state index contributed by atoms with van der Waals surface area (Å²) < 4.78 is 4.68. The minimum Gasteiger partial charge on any atom is -1.00 e. The quantitative estimate of drug-likeness (QED) is 0.121. The van der Waals surface area contributed by atoms with Crippen LogP contribution in [0.15, 0.2) is 59.7 Å². The number of unbranched alkanes of at least 4 members (excludes halogenated alkanes) is 14. The van der Waals surface area contributed by atoms with Crippen molar-refractivity contribution in [2.24, 2.45) is 0 Å². The summed E-state index contributed by atoms with van der Waals surface area (Å²) in [6, 6.07) is 14.3. The first-order chi connectivity index (χ1) is 18.2. The smallest absolute Gasteiger partial charge is 0.190 e. The topological polar surface area (TPSA) is 25.9 Å². The van der Waals surface area contributed by atoms with E-state index in [-0.39, 0.29) is 22.4 Å². The summed E-state index contributed by atoms with van der Waals surface area (Å²) >= 11 is 0. The molecule has 2 heterocycles. The summed E-state index contributed by atoms with van der Waals surface area (Å²) in [4.78, 5) is 13.0. The van der Waals surface area contributed by atoms with Crippen molar-refractivity contribution in [3.05, 3.63) is 65.1 Å². The van der Waals surface area contributed by atoms with E-state index in [0.717, 1.165) is 41.7 Å². The van der Waals surface area contributed by atoms with Crippen LogP contribution in [0.3, 0.4) is 0 Å². The van der Waals surface area contributed by atoms with Gasteiger partial charge in [-0.3, -0.25) is 4.79 Å². The Bertz CT molecular complexity index is 1090. The second-order valence-electron chi connectivity index (χ2n) is 10.8. The van der Waals surface area contributed by atoms with Gasteiger partial charge < -0.3 is 21.5 Å². The van der Waals surface area contributed by atoms with Crippen LogP contribution in [0.1, 0.15) is 117 Å². The van der Waals surface area contributed by atoms with E-state index in [4.69, 9.17) is 0 Å². The van der Waals surface area contributed by atoms with E-state index in [9.17, 15) is 4.79 Å². The maximum atomic E-state index is 13.0. The molecule has 0 fully saturated rings. The Morgan fingerprint density at radius 2 is 1.18 bits per heavy atom. The first kappa shape index (κ1) is 32.3. The molecule has 3 nitrogen and oxygen atoms in total. The highest BCUT2D eigenvalue weighted by molar-refractivity contribution is 5.82. The van der Waals surface area contributed by atoms with Crippen molar-refractivity contribution >= 4 is 10.9 Å². The SMILES string of the molecule is CCCCCCCCCCn1c(-c2cc[n+](CCCCCCCCCC)cc2)cc(=O)c2ccccc21.[Br-]. The Morgan fingerprint density at radius 3 is 1.79 bits per heavy atom. The van der Waals surface area contributed by atoms with E-state index in [1.54, 1.807) is 0 Å². The predicted molar refractivity (Wildman–Crippen MR) is 159 cm³/mol. The molecule has 0 unspecified atom stereocenters. The zero-order chi connectivity index (χ0) is 26.1. The van der Waals surface area contributed by atoms with Gasteiger partial charge in [-0.1, -0.05) is 109 Å². The van der Waals surface area contributed by atoms with Gasteiger partial charge in [0.25, 0.3) is 0 Å². The van der Waals surface area contributed by atoms with Gasteiger partial charge in [0.2, 0.25) is 0 Å². The van der Waals surface area contributed by atoms with Gasteiger partial charge in [-0.15, -0.1) is 0 Å². The van der Waals surface area contributed by atoms with Crippen LogP contribution in [-0.4, -0.2) is 4.57 Å². The fourth-order valence-corrected chi connectivity index (χ4v) is 5.42. The van der Waals surface area contributed by atoms with E-state index >= 15 is 0 Å². The van der Waals surface area contributed by atoms with Gasteiger partial charge in [-0.2, -0.15) is 0 Å². The third-order valence-electron chi connectivity index (χ3n) is 7.71. The van der Waals surface area contributed by atoms with Crippen molar-refractivity contribution in [1.29, 1.82) is 0 Å². The zero-order valence-electron chi connectivity index (χ0n) is 24.1. The van der Waals surface area contributed by atoms with Crippen LogP contribution in [0.4, 0.5) is 0 Å². The molecule has 1 aromatic carbocycles. The summed E-state index contributed by atoms with van der Waals surface area (Å²) in [6.07, 6.45) is 25.6. The number of fused-ring (bicyclic) bond motifs is 1. The maximum absolute atomic E-state index is 13.0. The predicted octanol–water partition coefficient (Wildman–Crippen LogP) is 6.24. The van der Waals surface area contributed by atoms with Crippen LogP contribution in [-0.2, 0) is 13.1 Å². The van der Waals surface area contributed by atoms with Crippen LogP contribution in [0.2, 0.25) is 0 Å². The van der Waals surface area contributed by atoms with Crippen molar-refractivity contribution in [1.82, 2.24) is 4.57 Å². The molecule has 38 heavy (non-hydrogen) atoms. The molecule has 0 saturated heterocycles. The molecule has 0 aliphatic carbocycles. The van der Waals surface area contributed by atoms with Gasteiger partial charge >= 0.3 is 0 Å². The number of pyridine rings is 2. The van der Waals surface area contributed by atoms with Crippen LogP contribution in [0.5, 0.6) is 0 Å². The highest BCUT2D eigenvalue weighted by atomic mass is 79.9. The molecule has 210 valence electrons. The fraction of sp³-hybridized carbons (Fsp3) is 0.588. The van der Waals surface area contributed by atoms with E-state index in [2.05, 4.69) is 59.6 Å². The monoisotopic (exact) mass is 582 g/mol. The highest BCUT2D eigenvalue weighted by Gasteiger charge is 2.12. The Kier molecular flexibility index (Phi) is 16.3. The van der Waals surface area contributed by atoms with Gasteiger partial charge in [0, 0.05) is 42.1 Å². The zero-order valence-corrected chi connectivity index (χ0v) is 25.7. The Labute approximate surface area is 242 Å². The third kappa shape index (κ3) is 10.7. The molecule has 0 aliphatic rings. The minimum atomic E-state index is 0. The highest BCUT2D eigenvalue weighted by Crippen LogP contribution is 2.23. The van der Waals surface area contributed by atoms with Gasteiger partial charge in [-0.25, -0.2) is 4.57 Å². The van der Waals surface area contributed by atoms with Crippen LogP contribution in [0, 0.1) is 0 Å². The molecule has 0 radical (unpaired) electrons. The van der Waals surface area contributed by atoms with Crippen LogP contribution >= 0.6 is 0 Å². The van der Waals surface area contributed by atoms with Crippen molar-refractivity contribution in [3.63, 3.8) is 0 Å². The standard InChI is InChI=1S/C34H51N2O.BrH/c1-3-5-7-9-11-13-15-19-25-35-27-23-30(24-28-35)33-29-34(37)31-21-17-18-22-32(31)36(33)26-20-16-14-12-10-8-6-4-2;/h17-18,21-24,27-29H,3-16,19-20,25-26H2,1-2H3;1H/q+1;/p-1. The lowest BCUT2D eigenvalue weighted by atomic mass is 10.1. The largest absolute Gasteiger partial charge is 1.00 e. The summed E-state index contributed by atoms with van der Waals surface area (Å²) in [5.74, 6) is 0. The lowest BCUT2D eigenvalue weighted by Gasteiger charge is -2.17. The summed E-state index contributed by atoms with van der Waals surface area (Å²) in [6.45, 7) is 6.57. The second-order valence-corrected chi connectivity index (χ2v) is 10.8. The first-order valence-electron chi connectivity index (χ1n) is 15.4. The molecule has 0 N–H and O–H groups in total. The van der Waals surface area contributed by atoms with Crippen molar-refractivity contribution in [3.8, 4) is 11.3 Å². The number of aryl methyl sites for hydroxylation is 2. The molecule has 2 aromatic heterocycles. The van der Waals surface area contributed by atoms with E-state index < -0.39 is 0 Å². The fourth-order valence-electron chi connectivity index (χ4n) is 5.42. The average molecular weight is 584 g/mol. The average Bonchev–Trinajstić information content (AvgIpc) is 2.93. The summed E-state index contributed by atoms with van der Waals surface area (Å²) in [5.41, 5.74) is 3.36. The lowest BCUT2D eigenvalue weighted by Crippen LogP contribution is -3.00. The molecule has 0 spiro atoms. The molecule has 3 aromatic rings. The lowest BCUT2D eigenvalue weighted by molar-refractivity contribution is -0.697. The van der Waals surface area contributed by atoms with Crippen LogP contribution < -0.4 is 27.0 Å². The molecule has 0 amide bonds. The number of rotatable bonds is 19. The number of aromatic nitrogens is 2. The molecular weight excluding hydrogens is 532 g/mol. The number of benzene rings is 1. The molecule has 0 aliphatic heterocycles. The molecule has 0 atom stereocenters. The summed E-state index contributed by atoms with van der Waals surface area (Å²) in [5, 5.41) is 0.825. The van der Waals surface area contributed by atoms with E-state index in [1.807, 2.05) is 18.2 Å². The molecule has 0 bridgehead atoms. The van der Waals surface area contributed by atoms with Crippen molar-refractivity contribution < 1.29 is 21.5 Å². The van der Waals surface area contributed by atoms with Crippen molar-refractivity contribution in [2.75, 3.05) is 0 Å². The second kappa shape index (κ2) is 19.2. The Balaban J connectivity index is 0.00000507. The third-order valence-corrected chi connectivity index (χ3v) is 7.71. The van der Waals surface area contributed by atoms with Crippen LogP contribution in [0.25, 0.3) is 22.2 Å². The minimum absolute atomic E-state index is 0. The number of hydrogen-bond acceptors (Lipinski definition) is 1. The molecule has 3 rings (SSSR count).